The van der Waals surface area contributed by atoms with Crippen LogP contribution in [0.2, 0.25) is 5.02 Å². The Hall–Kier alpha value is -3.31. The Labute approximate surface area is 238 Å². The molecule has 0 radical (unpaired) electrons. The SMILES string of the molecule is COCCN(CC(=O)Nc1nc(CC(=O)N(CCN(C)C)Cc2ccccc2)cs1)C(=O)c1ccc(Cl)cc1. The van der Waals surface area contributed by atoms with Gasteiger partial charge in [0.1, 0.15) is 6.54 Å². The number of amides is 3. The lowest BCUT2D eigenvalue weighted by Gasteiger charge is -2.24. The maximum atomic E-state index is 13.2. The molecule has 0 spiro atoms. The van der Waals surface area contributed by atoms with Gasteiger partial charge in [-0.2, -0.15) is 0 Å². The average molecular weight is 572 g/mol. The van der Waals surface area contributed by atoms with Crippen LogP contribution in [0.1, 0.15) is 21.6 Å². The number of aromatic nitrogens is 1. The van der Waals surface area contributed by atoms with Gasteiger partial charge in [-0.25, -0.2) is 4.98 Å². The van der Waals surface area contributed by atoms with Gasteiger partial charge in [0.05, 0.1) is 18.7 Å². The van der Waals surface area contributed by atoms with Crippen molar-refractivity contribution >= 4 is 45.8 Å². The van der Waals surface area contributed by atoms with Crippen LogP contribution in [0.15, 0.2) is 60.0 Å². The third-order valence-corrected chi connectivity index (χ3v) is 6.85. The number of anilines is 1. The fourth-order valence-electron chi connectivity index (χ4n) is 3.69. The molecule has 3 rings (SSSR count). The Morgan fingerprint density at radius 3 is 2.36 bits per heavy atom. The molecule has 0 aliphatic carbocycles. The van der Waals surface area contributed by atoms with Gasteiger partial charge in [0.15, 0.2) is 5.13 Å². The van der Waals surface area contributed by atoms with Gasteiger partial charge in [-0.05, 0) is 43.9 Å². The first kappa shape index (κ1) is 30.2. The number of carbonyl (C=O) groups is 3. The largest absolute Gasteiger partial charge is 0.383 e. The third-order valence-electron chi connectivity index (χ3n) is 5.79. The van der Waals surface area contributed by atoms with Crippen LogP contribution < -0.4 is 5.32 Å². The maximum absolute atomic E-state index is 13.2. The summed E-state index contributed by atoms with van der Waals surface area (Å²) in [7, 11) is 5.48. The van der Waals surface area contributed by atoms with Gasteiger partial charge in [0, 0.05) is 49.3 Å². The van der Waals surface area contributed by atoms with Crippen LogP contribution in [0.5, 0.6) is 0 Å². The number of methoxy groups -OCH3 is 1. The number of carbonyl (C=O) groups excluding carboxylic acids is 3. The zero-order valence-electron chi connectivity index (χ0n) is 22.4. The first-order chi connectivity index (χ1) is 18.7. The number of ether oxygens (including phenoxy) is 1. The highest BCUT2D eigenvalue weighted by atomic mass is 35.5. The van der Waals surface area contributed by atoms with E-state index in [1.807, 2.05) is 54.2 Å². The third kappa shape index (κ3) is 10.1. The van der Waals surface area contributed by atoms with Crippen molar-refractivity contribution in [2.75, 3.05) is 59.3 Å². The van der Waals surface area contributed by atoms with Crippen LogP contribution in [-0.2, 0) is 27.3 Å². The second kappa shape index (κ2) is 15.3. The molecule has 0 unspecified atom stereocenters. The molecule has 1 N–H and O–H groups in total. The predicted molar refractivity (Wildman–Crippen MR) is 154 cm³/mol. The number of halogens is 1. The minimum Gasteiger partial charge on any atom is -0.383 e. The van der Waals surface area contributed by atoms with E-state index in [0.717, 1.165) is 12.1 Å². The number of thiazole rings is 1. The molecular formula is C28H34ClN5O4S. The molecule has 0 saturated carbocycles. The van der Waals surface area contributed by atoms with Gasteiger partial charge >= 0.3 is 0 Å². The molecule has 2 aromatic carbocycles. The van der Waals surface area contributed by atoms with Crippen molar-refractivity contribution < 1.29 is 19.1 Å². The first-order valence-electron chi connectivity index (χ1n) is 12.5. The van der Waals surface area contributed by atoms with Crippen LogP contribution in [0, 0.1) is 0 Å². The lowest BCUT2D eigenvalue weighted by Crippen LogP contribution is -2.40. The van der Waals surface area contributed by atoms with E-state index < -0.39 is 5.91 Å². The van der Waals surface area contributed by atoms with Gasteiger partial charge in [-0.3, -0.25) is 14.4 Å². The normalized spacial score (nSPS) is 10.9. The number of rotatable bonds is 14. The number of benzene rings is 2. The van der Waals surface area contributed by atoms with Gasteiger partial charge < -0.3 is 24.8 Å². The summed E-state index contributed by atoms with van der Waals surface area (Å²) in [6.07, 6.45) is 0.127. The van der Waals surface area contributed by atoms with Crippen molar-refractivity contribution in [1.29, 1.82) is 0 Å². The number of hydrogen-bond acceptors (Lipinski definition) is 7. The second-order valence-electron chi connectivity index (χ2n) is 9.20. The Balaban J connectivity index is 1.60. The summed E-state index contributed by atoms with van der Waals surface area (Å²) in [5.74, 6) is -0.735. The molecule has 0 fully saturated rings. The molecular weight excluding hydrogens is 538 g/mol. The molecule has 0 aliphatic rings. The van der Waals surface area contributed by atoms with Gasteiger partial charge in [0.2, 0.25) is 11.8 Å². The van der Waals surface area contributed by atoms with Gasteiger partial charge in [-0.15, -0.1) is 11.3 Å². The summed E-state index contributed by atoms with van der Waals surface area (Å²) in [5.41, 5.74) is 2.06. The molecule has 3 aromatic rings. The summed E-state index contributed by atoms with van der Waals surface area (Å²) >= 11 is 7.17. The van der Waals surface area contributed by atoms with E-state index in [0.29, 0.717) is 34.5 Å². The summed E-state index contributed by atoms with van der Waals surface area (Å²) in [6, 6.07) is 16.4. The smallest absolute Gasteiger partial charge is 0.254 e. The fourth-order valence-corrected chi connectivity index (χ4v) is 4.54. The summed E-state index contributed by atoms with van der Waals surface area (Å²) in [4.78, 5) is 48.6. The Morgan fingerprint density at radius 2 is 1.69 bits per heavy atom. The molecule has 3 amide bonds. The molecule has 9 nitrogen and oxygen atoms in total. The number of nitrogens with zero attached hydrogens (tertiary/aromatic N) is 4. The van der Waals surface area contributed by atoms with E-state index >= 15 is 0 Å². The minimum absolute atomic E-state index is 0.0387. The molecule has 1 aromatic heterocycles. The van der Waals surface area contributed by atoms with Crippen molar-refractivity contribution in [1.82, 2.24) is 19.7 Å². The Kier molecular flexibility index (Phi) is 11.9. The number of likely N-dealkylation sites (N-methyl/N-ethyl adjacent to an activating group) is 1. The maximum Gasteiger partial charge on any atom is 0.254 e. The molecule has 0 aliphatic heterocycles. The van der Waals surface area contributed by atoms with Crippen LogP contribution >= 0.6 is 22.9 Å². The molecule has 208 valence electrons. The van der Waals surface area contributed by atoms with Gasteiger partial charge in [-0.1, -0.05) is 41.9 Å². The monoisotopic (exact) mass is 571 g/mol. The average Bonchev–Trinajstić information content (AvgIpc) is 3.35. The van der Waals surface area contributed by atoms with Crippen molar-refractivity contribution in [2.45, 2.75) is 13.0 Å². The highest BCUT2D eigenvalue weighted by molar-refractivity contribution is 7.13. The lowest BCUT2D eigenvalue weighted by molar-refractivity contribution is -0.131. The number of hydrogen-bond donors (Lipinski definition) is 1. The molecule has 39 heavy (non-hydrogen) atoms. The van der Waals surface area contributed by atoms with Crippen molar-refractivity contribution in [3.8, 4) is 0 Å². The Morgan fingerprint density at radius 1 is 0.974 bits per heavy atom. The second-order valence-corrected chi connectivity index (χ2v) is 10.5. The van der Waals surface area contributed by atoms with E-state index in [9.17, 15) is 14.4 Å². The first-order valence-corrected chi connectivity index (χ1v) is 13.8. The van der Waals surface area contributed by atoms with Crippen molar-refractivity contribution in [2.24, 2.45) is 0 Å². The zero-order valence-corrected chi connectivity index (χ0v) is 24.0. The van der Waals surface area contributed by atoms with E-state index in [2.05, 4.69) is 10.3 Å². The standard InChI is InChI=1S/C28H34ClN5O4S/c1-32(2)13-14-33(18-21-7-5-4-6-8-21)26(36)17-24-20-39-28(30-24)31-25(35)19-34(15-16-38-3)27(37)22-9-11-23(29)12-10-22/h4-12,20H,13-19H2,1-3H3,(H,30,31,35). The van der Waals surface area contributed by atoms with Crippen molar-refractivity contribution in [3.63, 3.8) is 0 Å². The summed E-state index contributed by atoms with van der Waals surface area (Å²) in [5, 5.41) is 5.41. The molecule has 0 atom stereocenters. The molecule has 0 saturated heterocycles. The van der Waals surface area contributed by atoms with Crippen LogP contribution in [0.4, 0.5) is 5.13 Å². The van der Waals surface area contributed by atoms with E-state index in [-0.39, 0.29) is 37.9 Å². The highest BCUT2D eigenvalue weighted by Crippen LogP contribution is 2.18. The Bertz CT molecular complexity index is 1220. The topological polar surface area (TPSA) is 95.1 Å². The van der Waals surface area contributed by atoms with Gasteiger partial charge in [0.25, 0.3) is 5.91 Å². The molecule has 0 bridgehead atoms. The van der Waals surface area contributed by atoms with E-state index in [1.54, 1.807) is 29.6 Å². The van der Waals surface area contributed by atoms with E-state index in [4.69, 9.17) is 16.3 Å². The minimum atomic E-state index is -0.391. The highest BCUT2D eigenvalue weighted by Gasteiger charge is 2.21. The van der Waals surface area contributed by atoms with Crippen LogP contribution in [0.25, 0.3) is 0 Å². The number of nitrogens with one attached hydrogen (secondary N) is 1. The lowest BCUT2D eigenvalue weighted by atomic mass is 10.2. The molecule has 1 heterocycles. The molecule has 11 heteroatoms. The fraction of sp³-hybridized carbons (Fsp3) is 0.357. The van der Waals surface area contributed by atoms with Crippen LogP contribution in [0.3, 0.4) is 0 Å². The summed E-state index contributed by atoms with van der Waals surface area (Å²) in [6.45, 7) is 2.20. The predicted octanol–water partition coefficient (Wildman–Crippen LogP) is 3.66. The summed E-state index contributed by atoms with van der Waals surface area (Å²) < 4.78 is 5.11. The van der Waals surface area contributed by atoms with Crippen molar-refractivity contribution in [3.05, 3.63) is 81.8 Å². The van der Waals surface area contributed by atoms with E-state index in [1.165, 1.54) is 23.3 Å². The van der Waals surface area contributed by atoms with Crippen LogP contribution in [-0.4, -0.2) is 91.4 Å². The quantitative estimate of drug-likeness (QED) is 0.317. The zero-order chi connectivity index (χ0) is 28.2.